The first-order valence-corrected chi connectivity index (χ1v) is 15.1. The Morgan fingerprint density at radius 3 is 1.22 bits per heavy atom. The number of rotatable bonds is 10. The molecule has 232 valence electrons. The molecule has 1 heterocycles. The maximum Gasteiger partial charge on any atom is 0.338 e. The first-order valence-electron chi connectivity index (χ1n) is 15.1. The molecule has 6 rings (SSSR count). The smallest absolute Gasteiger partial charge is 0.338 e. The molecule has 1 saturated carbocycles. The van der Waals surface area contributed by atoms with Gasteiger partial charge in [-0.05, 0) is 49.2 Å². The standard InChI is InChI=1S/C37H36O8/c1-37(2)44-33-29(40-23-25-15-7-3-8-16-25)31(42-35(38)27-19-11-5-12-20-27)32(43-36(39)28-21-13-6-14-22-28)30(34(33)45-37)41-24-26-17-9-4-10-18-26/h3-22,29-34H,23-24H2,1-2H3. The van der Waals surface area contributed by atoms with Crippen molar-refractivity contribution in [2.24, 2.45) is 0 Å². The van der Waals surface area contributed by atoms with E-state index >= 15 is 0 Å². The van der Waals surface area contributed by atoms with E-state index in [1.165, 1.54) is 0 Å². The van der Waals surface area contributed by atoms with Crippen LogP contribution in [0.5, 0.6) is 0 Å². The van der Waals surface area contributed by atoms with Crippen molar-refractivity contribution < 1.29 is 38.0 Å². The molecule has 0 N–H and O–H groups in total. The zero-order valence-corrected chi connectivity index (χ0v) is 25.2. The Hall–Kier alpha value is -4.34. The van der Waals surface area contributed by atoms with Gasteiger partial charge in [0.25, 0.3) is 0 Å². The van der Waals surface area contributed by atoms with Crippen LogP contribution in [-0.2, 0) is 41.6 Å². The van der Waals surface area contributed by atoms with Crippen LogP contribution in [0.4, 0.5) is 0 Å². The zero-order chi connectivity index (χ0) is 31.2. The highest BCUT2D eigenvalue weighted by Crippen LogP contribution is 2.42. The number of fused-ring (bicyclic) bond motifs is 1. The van der Waals surface area contributed by atoms with E-state index in [1.54, 1.807) is 48.5 Å². The topological polar surface area (TPSA) is 89.5 Å². The van der Waals surface area contributed by atoms with Gasteiger partial charge in [-0.1, -0.05) is 97.1 Å². The molecule has 8 nitrogen and oxygen atoms in total. The fourth-order valence-electron chi connectivity index (χ4n) is 5.79. The Kier molecular flexibility index (Phi) is 9.37. The van der Waals surface area contributed by atoms with Crippen LogP contribution in [0.25, 0.3) is 0 Å². The van der Waals surface area contributed by atoms with Crippen molar-refractivity contribution in [3.8, 4) is 0 Å². The molecule has 0 bridgehead atoms. The van der Waals surface area contributed by atoms with E-state index in [-0.39, 0.29) is 13.2 Å². The van der Waals surface area contributed by atoms with Crippen molar-refractivity contribution >= 4 is 11.9 Å². The minimum atomic E-state index is -1.10. The first-order chi connectivity index (χ1) is 21.9. The lowest BCUT2D eigenvalue weighted by Gasteiger charge is -2.45. The van der Waals surface area contributed by atoms with Crippen LogP contribution in [0.1, 0.15) is 45.7 Å². The molecule has 0 radical (unpaired) electrons. The quantitative estimate of drug-likeness (QED) is 0.198. The summed E-state index contributed by atoms with van der Waals surface area (Å²) < 4.78 is 38.4. The molecule has 0 amide bonds. The third-order valence-corrected chi connectivity index (χ3v) is 7.86. The van der Waals surface area contributed by atoms with Gasteiger partial charge in [-0.2, -0.15) is 0 Å². The third kappa shape index (κ3) is 7.32. The Morgan fingerprint density at radius 2 is 0.867 bits per heavy atom. The third-order valence-electron chi connectivity index (χ3n) is 7.86. The largest absolute Gasteiger partial charge is 0.452 e. The summed E-state index contributed by atoms with van der Waals surface area (Å²) in [5.74, 6) is -2.19. The van der Waals surface area contributed by atoms with Crippen molar-refractivity contribution in [1.29, 1.82) is 0 Å². The minimum Gasteiger partial charge on any atom is -0.452 e. The molecule has 6 atom stereocenters. The molecule has 45 heavy (non-hydrogen) atoms. The monoisotopic (exact) mass is 608 g/mol. The predicted octanol–water partition coefficient (Wildman–Crippen LogP) is 6.14. The second kappa shape index (κ2) is 13.7. The van der Waals surface area contributed by atoms with Crippen molar-refractivity contribution in [1.82, 2.24) is 0 Å². The molecule has 4 aromatic rings. The van der Waals surface area contributed by atoms with Gasteiger partial charge >= 0.3 is 11.9 Å². The summed E-state index contributed by atoms with van der Waals surface area (Å²) in [4.78, 5) is 27.2. The van der Waals surface area contributed by atoms with Gasteiger partial charge in [-0.15, -0.1) is 0 Å². The van der Waals surface area contributed by atoms with E-state index in [2.05, 4.69) is 0 Å². The summed E-state index contributed by atoms with van der Waals surface area (Å²) in [7, 11) is 0. The summed E-state index contributed by atoms with van der Waals surface area (Å²) in [5, 5.41) is 0. The average Bonchev–Trinajstić information content (AvgIpc) is 3.40. The normalized spacial score (nSPS) is 25.2. The van der Waals surface area contributed by atoms with Crippen LogP contribution in [0, 0.1) is 0 Å². The molecule has 1 saturated heterocycles. The number of esters is 2. The van der Waals surface area contributed by atoms with Crippen molar-refractivity contribution in [2.45, 2.75) is 69.5 Å². The van der Waals surface area contributed by atoms with Crippen LogP contribution in [0.15, 0.2) is 121 Å². The number of ether oxygens (including phenoxy) is 6. The highest BCUT2D eigenvalue weighted by atomic mass is 16.8. The molecule has 0 spiro atoms. The Morgan fingerprint density at radius 1 is 0.533 bits per heavy atom. The van der Waals surface area contributed by atoms with Crippen molar-refractivity contribution in [3.05, 3.63) is 144 Å². The van der Waals surface area contributed by atoms with Crippen LogP contribution < -0.4 is 0 Å². The second-order valence-electron chi connectivity index (χ2n) is 11.6. The molecule has 6 unspecified atom stereocenters. The summed E-state index contributed by atoms with van der Waals surface area (Å²) in [5.41, 5.74) is 2.53. The molecule has 2 fully saturated rings. The van der Waals surface area contributed by atoms with E-state index < -0.39 is 54.3 Å². The van der Waals surface area contributed by atoms with Gasteiger partial charge in [0.05, 0.1) is 24.3 Å². The van der Waals surface area contributed by atoms with Gasteiger partial charge in [0, 0.05) is 0 Å². The molecule has 4 aromatic carbocycles. The average molecular weight is 609 g/mol. The maximum absolute atomic E-state index is 13.6. The van der Waals surface area contributed by atoms with Gasteiger partial charge in [-0.25, -0.2) is 9.59 Å². The number of hydrogen-bond donors (Lipinski definition) is 0. The highest BCUT2D eigenvalue weighted by Gasteiger charge is 2.62. The minimum absolute atomic E-state index is 0.201. The Balaban J connectivity index is 1.40. The molecule has 2 aliphatic rings. The van der Waals surface area contributed by atoms with Gasteiger partial charge in [-0.3, -0.25) is 0 Å². The van der Waals surface area contributed by atoms with Crippen molar-refractivity contribution in [3.63, 3.8) is 0 Å². The number of benzene rings is 4. The van der Waals surface area contributed by atoms with Crippen LogP contribution in [-0.4, -0.2) is 54.3 Å². The van der Waals surface area contributed by atoms with E-state index in [1.807, 2.05) is 86.6 Å². The first kappa shape index (κ1) is 30.7. The predicted molar refractivity (Wildman–Crippen MR) is 165 cm³/mol. The summed E-state index contributed by atoms with van der Waals surface area (Å²) in [6.45, 7) is 4.02. The van der Waals surface area contributed by atoms with Gasteiger partial charge in [0.1, 0.15) is 24.4 Å². The molecule has 0 aromatic heterocycles. The number of carbonyl (C=O) groups excluding carboxylic acids is 2. The zero-order valence-electron chi connectivity index (χ0n) is 25.2. The lowest BCUT2D eigenvalue weighted by Crippen LogP contribution is -2.66. The molecule has 8 heteroatoms. The summed E-state index contributed by atoms with van der Waals surface area (Å²) >= 11 is 0. The lowest BCUT2D eigenvalue weighted by atomic mass is 9.84. The van der Waals surface area contributed by atoms with Gasteiger partial charge in [0.2, 0.25) is 0 Å². The highest BCUT2D eigenvalue weighted by molar-refractivity contribution is 5.90. The summed E-state index contributed by atoms with van der Waals surface area (Å²) in [6, 6.07) is 36.6. The van der Waals surface area contributed by atoms with Crippen LogP contribution >= 0.6 is 0 Å². The fourth-order valence-corrected chi connectivity index (χ4v) is 5.79. The number of carbonyl (C=O) groups is 2. The molecule has 1 aliphatic heterocycles. The van der Waals surface area contributed by atoms with Crippen LogP contribution in [0.3, 0.4) is 0 Å². The van der Waals surface area contributed by atoms with Gasteiger partial charge < -0.3 is 28.4 Å². The fraction of sp³-hybridized carbons (Fsp3) is 0.297. The lowest BCUT2D eigenvalue weighted by molar-refractivity contribution is -0.223. The summed E-state index contributed by atoms with van der Waals surface area (Å²) in [6.07, 6.45) is -5.35. The van der Waals surface area contributed by atoms with Crippen LogP contribution in [0.2, 0.25) is 0 Å². The van der Waals surface area contributed by atoms with Gasteiger partial charge in [0.15, 0.2) is 18.0 Å². The van der Waals surface area contributed by atoms with E-state index in [9.17, 15) is 9.59 Å². The Labute approximate surface area is 262 Å². The van der Waals surface area contributed by atoms with E-state index in [0.29, 0.717) is 11.1 Å². The second-order valence-corrected chi connectivity index (χ2v) is 11.6. The Bertz CT molecular complexity index is 1430. The molecular weight excluding hydrogens is 572 g/mol. The number of hydrogen-bond acceptors (Lipinski definition) is 8. The maximum atomic E-state index is 13.6. The molecule has 1 aliphatic carbocycles. The van der Waals surface area contributed by atoms with E-state index in [4.69, 9.17) is 28.4 Å². The SMILES string of the molecule is CC1(C)OC2C(OCc3ccccc3)C(OC(=O)c3ccccc3)C(OC(=O)c3ccccc3)C(OCc3ccccc3)C2O1. The van der Waals surface area contributed by atoms with E-state index in [0.717, 1.165) is 11.1 Å². The van der Waals surface area contributed by atoms with Crippen molar-refractivity contribution in [2.75, 3.05) is 0 Å². The molecular formula is C37H36O8.